The van der Waals surface area contributed by atoms with E-state index in [0.29, 0.717) is 28.8 Å². The molecule has 4 aromatic rings. The largest absolute Gasteiger partial charge is 0.495 e. The van der Waals surface area contributed by atoms with Gasteiger partial charge >= 0.3 is 0 Å². The molecular formula is C28H27N5O2. The average Bonchev–Trinajstić information content (AvgIpc) is 3.27. The second-order valence-electron chi connectivity index (χ2n) is 8.71. The zero-order valence-corrected chi connectivity index (χ0v) is 20.2. The maximum atomic E-state index is 13.7. The lowest BCUT2D eigenvalue weighted by Crippen LogP contribution is -2.31. The predicted octanol–water partition coefficient (Wildman–Crippen LogP) is 5.50. The molecule has 1 aromatic heterocycles. The first-order chi connectivity index (χ1) is 16.9. The summed E-state index contributed by atoms with van der Waals surface area (Å²) in [4.78, 5) is 18.5. The molecule has 1 amide bonds. The van der Waals surface area contributed by atoms with Crippen molar-refractivity contribution in [3.8, 4) is 17.1 Å². The number of nitrogens with zero attached hydrogens (tertiary/aromatic N) is 3. The number of carbonyl (C=O) groups excluding carboxylic acids is 1. The van der Waals surface area contributed by atoms with E-state index in [4.69, 9.17) is 14.8 Å². The molecule has 0 spiro atoms. The van der Waals surface area contributed by atoms with E-state index in [2.05, 4.69) is 22.8 Å². The highest BCUT2D eigenvalue weighted by Crippen LogP contribution is 2.37. The van der Waals surface area contributed by atoms with E-state index in [0.717, 1.165) is 28.0 Å². The maximum absolute atomic E-state index is 13.7. The Balaban J connectivity index is 1.61. The number of ether oxygens (including phenoxy) is 1. The zero-order valence-electron chi connectivity index (χ0n) is 20.2. The molecule has 1 aliphatic rings. The summed E-state index contributed by atoms with van der Waals surface area (Å²) in [6, 6.07) is 23.1. The van der Waals surface area contributed by atoms with Crippen molar-refractivity contribution < 1.29 is 9.53 Å². The minimum absolute atomic E-state index is 0.232. The summed E-state index contributed by atoms with van der Waals surface area (Å²) in [5.41, 5.74) is 6.00. The Labute approximate surface area is 204 Å². The van der Waals surface area contributed by atoms with Gasteiger partial charge in [-0.1, -0.05) is 65.7 Å². The van der Waals surface area contributed by atoms with Crippen LogP contribution in [-0.4, -0.2) is 27.8 Å². The van der Waals surface area contributed by atoms with Crippen molar-refractivity contribution in [2.45, 2.75) is 26.8 Å². The van der Waals surface area contributed by atoms with E-state index >= 15 is 0 Å². The monoisotopic (exact) mass is 465 g/mol. The van der Waals surface area contributed by atoms with Crippen LogP contribution in [0.1, 0.15) is 29.7 Å². The van der Waals surface area contributed by atoms with Crippen molar-refractivity contribution in [2.75, 3.05) is 17.7 Å². The van der Waals surface area contributed by atoms with E-state index in [1.165, 1.54) is 0 Å². The van der Waals surface area contributed by atoms with Crippen LogP contribution >= 0.6 is 0 Å². The zero-order chi connectivity index (χ0) is 24.5. The molecule has 3 aromatic carbocycles. The van der Waals surface area contributed by atoms with Gasteiger partial charge in [-0.3, -0.25) is 4.79 Å². The third kappa shape index (κ3) is 4.28. The van der Waals surface area contributed by atoms with Gasteiger partial charge in [0.1, 0.15) is 11.8 Å². The number of aromatic nitrogens is 3. The van der Waals surface area contributed by atoms with E-state index in [-0.39, 0.29) is 5.91 Å². The fourth-order valence-corrected chi connectivity index (χ4v) is 4.44. The molecule has 0 aliphatic carbocycles. The maximum Gasteiger partial charge on any atom is 0.255 e. The Morgan fingerprint density at radius 1 is 0.971 bits per heavy atom. The van der Waals surface area contributed by atoms with Gasteiger partial charge in [-0.05, 0) is 44.5 Å². The number of amides is 1. The van der Waals surface area contributed by atoms with Crippen molar-refractivity contribution in [3.05, 3.63) is 101 Å². The summed E-state index contributed by atoms with van der Waals surface area (Å²) in [5.74, 6) is 1.56. The molecule has 5 rings (SSSR count). The number of nitrogens with one attached hydrogen (secondary N) is 2. The fraction of sp³-hybridized carbons (Fsp3) is 0.179. The van der Waals surface area contributed by atoms with Gasteiger partial charge in [0.25, 0.3) is 5.91 Å². The molecule has 0 saturated carbocycles. The lowest BCUT2D eigenvalue weighted by atomic mass is 9.94. The van der Waals surface area contributed by atoms with Crippen LogP contribution in [0, 0.1) is 13.8 Å². The van der Waals surface area contributed by atoms with Crippen LogP contribution < -0.4 is 15.4 Å². The van der Waals surface area contributed by atoms with Gasteiger partial charge < -0.3 is 15.4 Å². The SMILES string of the molecule is COc1ccccc1NC(=O)C1=C(C)Nc2nc(-c3cccc(C)c3)nn2C1c1cccc(C)c1. The van der Waals surface area contributed by atoms with Crippen molar-refractivity contribution >= 4 is 17.5 Å². The number of methoxy groups -OCH3 is 1. The average molecular weight is 466 g/mol. The Hall–Kier alpha value is -4.39. The highest BCUT2D eigenvalue weighted by atomic mass is 16.5. The molecule has 1 atom stereocenters. The van der Waals surface area contributed by atoms with Crippen LogP contribution in [0.3, 0.4) is 0 Å². The van der Waals surface area contributed by atoms with Gasteiger partial charge in [-0.15, -0.1) is 5.10 Å². The summed E-state index contributed by atoms with van der Waals surface area (Å²) >= 11 is 0. The van der Waals surface area contributed by atoms with Crippen LogP contribution in [0.5, 0.6) is 5.75 Å². The second kappa shape index (κ2) is 9.10. The number of anilines is 2. The smallest absolute Gasteiger partial charge is 0.255 e. The number of benzene rings is 3. The molecule has 176 valence electrons. The van der Waals surface area contributed by atoms with Crippen LogP contribution in [0.15, 0.2) is 84.1 Å². The number of aryl methyl sites for hydroxylation is 2. The molecule has 7 nitrogen and oxygen atoms in total. The summed E-state index contributed by atoms with van der Waals surface area (Å²) in [6.07, 6.45) is 0. The highest BCUT2D eigenvalue weighted by Gasteiger charge is 2.34. The number of carbonyl (C=O) groups is 1. The number of rotatable bonds is 5. The van der Waals surface area contributed by atoms with Crippen LogP contribution in [0.4, 0.5) is 11.6 Å². The minimum atomic E-state index is -0.452. The predicted molar refractivity (Wildman–Crippen MR) is 137 cm³/mol. The van der Waals surface area contributed by atoms with Gasteiger partial charge in [-0.2, -0.15) is 4.98 Å². The molecule has 0 bridgehead atoms. The van der Waals surface area contributed by atoms with Crippen molar-refractivity contribution in [2.24, 2.45) is 0 Å². The standard InChI is InChI=1S/C28H27N5O2/c1-17-9-7-11-20(15-17)25-24(27(34)30-22-13-5-6-14-23(22)35-4)19(3)29-28-31-26(32-33(25)28)21-12-8-10-18(2)16-21/h5-16,25H,1-4H3,(H,30,34)(H,29,31,32). The minimum Gasteiger partial charge on any atom is -0.495 e. The van der Waals surface area contributed by atoms with Gasteiger partial charge in [-0.25, -0.2) is 4.68 Å². The lowest BCUT2D eigenvalue weighted by molar-refractivity contribution is -0.113. The van der Waals surface area contributed by atoms with Gasteiger partial charge in [0.05, 0.1) is 18.4 Å². The number of hydrogen-bond donors (Lipinski definition) is 2. The molecule has 2 N–H and O–H groups in total. The third-order valence-electron chi connectivity index (χ3n) is 6.09. The number of fused-ring (bicyclic) bond motifs is 1. The molecule has 2 heterocycles. The van der Waals surface area contributed by atoms with Gasteiger partial charge in [0.2, 0.25) is 5.95 Å². The quantitative estimate of drug-likeness (QED) is 0.407. The summed E-state index contributed by atoms with van der Waals surface area (Å²) < 4.78 is 7.23. The summed E-state index contributed by atoms with van der Waals surface area (Å²) in [6.45, 7) is 5.97. The van der Waals surface area contributed by atoms with Crippen LogP contribution in [-0.2, 0) is 4.79 Å². The number of allylic oxidation sites excluding steroid dienone is 1. The second-order valence-corrected chi connectivity index (χ2v) is 8.71. The molecule has 0 fully saturated rings. The topological polar surface area (TPSA) is 81.1 Å². The summed E-state index contributed by atoms with van der Waals surface area (Å²) in [5, 5.41) is 11.2. The number of para-hydroxylation sites is 2. The van der Waals surface area contributed by atoms with Crippen LogP contribution in [0.25, 0.3) is 11.4 Å². The lowest BCUT2D eigenvalue weighted by Gasteiger charge is -2.29. The Bertz CT molecular complexity index is 1450. The van der Waals surface area contributed by atoms with Crippen molar-refractivity contribution in [1.29, 1.82) is 0 Å². The van der Waals surface area contributed by atoms with Gasteiger partial charge in [0, 0.05) is 11.3 Å². The van der Waals surface area contributed by atoms with E-state index in [1.54, 1.807) is 11.8 Å². The summed E-state index contributed by atoms with van der Waals surface area (Å²) in [7, 11) is 1.59. The van der Waals surface area contributed by atoms with E-state index in [1.807, 2.05) is 81.4 Å². The molecule has 7 heteroatoms. The molecule has 1 unspecified atom stereocenters. The van der Waals surface area contributed by atoms with E-state index in [9.17, 15) is 4.79 Å². The Kier molecular flexibility index (Phi) is 5.82. The molecular weight excluding hydrogens is 438 g/mol. The normalized spacial score (nSPS) is 14.8. The molecule has 35 heavy (non-hydrogen) atoms. The Morgan fingerprint density at radius 2 is 1.71 bits per heavy atom. The first-order valence-corrected chi connectivity index (χ1v) is 11.5. The number of hydrogen-bond acceptors (Lipinski definition) is 5. The first kappa shape index (κ1) is 22.4. The highest BCUT2D eigenvalue weighted by molar-refractivity contribution is 6.06. The third-order valence-corrected chi connectivity index (χ3v) is 6.09. The Morgan fingerprint density at radius 3 is 2.46 bits per heavy atom. The van der Waals surface area contributed by atoms with Crippen LogP contribution in [0.2, 0.25) is 0 Å². The first-order valence-electron chi connectivity index (χ1n) is 11.5. The molecule has 0 radical (unpaired) electrons. The molecule has 0 saturated heterocycles. The van der Waals surface area contributed by atoms with E-state index < -0.39 is 6.04 Å². The van der Waals surface area contributed by atoms with Crippen molar-refractivity contribution in [1.82, 2.24) is 14.8 Å². The van der Waals surface area contributed by atoms with Gasteiger partial charge in [0.15, 0.2) is 5.82 Å². The van der Waals surface area contributed by atoms with Crippen molar-refractivity contribution in [3.63, 3.8) is 0 Å². The molecule has 1 aliphatic heterocycles. The fourth-order valence-electron chi connectivity index (χ4n) is 4.44.